The van der Waals surface area contributed by atoms with Gasteiger partial charge in [-0.05, 0) is 25.0 Å². The van der Waals surface area contributed by atoms with Crippen LogP contribution >= 0.6 is 0 Å². The highest BCUT2D eigenvalue weighted by atomic mass is 16.5. The van der Waals surface area contributed by atoms with Crippen molar-refractivity contribution in [3.05, 3.63) is 29.8 Å². The normalized spacial score (nSPS) is 16.6. The number of nitrogens with two attached hydrogens (primary N) is 1. The van der Waals surface area contributed by atoms with Gasteiger partial charge in [0.1, 0.15) is 0 Å². The minimum Gasteiger partial charge on any atom is -0.398 e. The zero-order valence-corrected chi connectivity index (χ0v) is 11.9. The predicted octanol–water partition coefficient (Wildman–Crippen LogP) is 2.74. The molecule has 4 heteroatoms. The van der Waals surface area contributed by atoms with Crippen molar-refractivity contribution >= 4 is 11.6 Å². The van der Waals surface area contributed by atoms with E-state index in [4.69, 9.17) is 10.5 Å². The van der Waals surface area contributed by atoms with Crippen LogP contribution in [-0.2, 0) is 4.74 Å². The molecule has 110 valence electrons. The molecule has 0 radical (unpaired) electrons. The first kappa shape index (κ1) is 14.9. The molecule has 0 aliphatic heterocycles. The third-order valence-electron chi connectivity index (χ3n) is 3.75. The molecule has 1 amide bonds. The van der Waals surface area contributed by atoms with Crippen molar-refractivity contribution in [2.75, 3.05) is 18.9 Å². The standard InChI is InChI=1S/C16H24N2O2/c17-15-10-6-5-9-14(15)16(19)18-11-12-20-13-7-3-1-2-4-8-13/h5-6,9-10,13H,1-4,7-8,11-12,17H2,(H,18,19). The van der Waals surface area contributed by atoms with E-state index in [-0.39, 0.29) is 5.91 Å². The van der Waals surface area contributed by atoms with E-state index in [1.165, 1.54) is 25.7 Å². The number of amides is 1. The van der Waals surface area contributed by atoms with Gasteiger partial charge >= 0.3 is 0 Å². The molecule has 0 atom stereocenters. The molecule has 20 heavy (non-hydrogen) atoms. The minimum atomic E-state index is -0.132. The van der Waals surface area contributed by atoms with Gasteiger partial charge in [0.05, 0.1) is 18.3 Å². The van der Waals surface area contributed by atoms with Gasteiger partial charge in [0.2, 0.25) is 0 Å². The lowest BCUT2D eigenvalue weighted by Gasteiger charge is -2.15. The van der Waals surface area contributed by atoms with Crippen LogP contribution < -0.4 is 11.1 Å². The molecule has 3 N–H and O–H groups in total. The van der Waals surface area contributed by atoms with Crippen LogP contribution in [0.1, 0.15) is 48.9 Å². The van der Waals surface area contributed by atoms with E-state index in [9.17, 15) is 4.79 Å². The number of hydrogen-bond donors (Lipinski definition) is 2. The summed E-state index contributed by atoms with van der Waals surface area (Å²) in [6.45, 7) is 1.10. The monoisotopic (exact) mass is 276 g/mol. The van der Waals surface area contributed by atoms with Crippen molar-refractivity contribution in [2.24, 2.45) is 0 Å². The van der Waals surface area contributed by atoms with E-state index in [1.807, 2.05) is 12.1 Å². The van der Waals surface area contributed by atoms with Crippen LogP contribution in [0.3, 0.4) is 0 Å². The van der Waals surface area contributed by atoms with Gasteiger partial charge in [-0.15, -0.1) is 0 Å². The summed E-state index contributed by atoms with van der Waals surface area (Å²) in [5.74, 6) is -0.132. The van der Waals surface area contributed by atoms with Crippen LogP contribution in [0, 0.1) is 0 Å². The molecule has 0 spiro atoms. The van der Waals surface area contributed by atoms with Crippen molar-refractivity contribution in [3.8, 4) is 0 Å². The topological polar surface area (TPSA) is 64.4 Å². The third kappa shape index (κ3) is 4.53. The van der Waals surface area contributed by atoms with Crippen molar-refractivity contribution < 1.29 is 9.53 Å². The zero-order chi connectivity index (χ0) is 14.2. The average molecular weight is 276 g/mol. The summed E-state index contributed by atoms with van der Waals surface area (Å²) in [7, 11) is 0. The Hall–Kier alpha value is -1.55. The van der Waals surface area contributed by atoms with Crippen LogP contribution in [0.5, 0.6) is 0 Å². The second-order valence-corrected chi connectivity index (χ2v) is 5.33. The highest BCUT2D eigenvalue weighted by molar-refractivity contribution is 5.98. The Kier molecular flexibility index (Phi) is 5.87. The maximum Gasteiger partial charge on any atom is 0.253 e. The average Bonchev–Trinajstić information content (AvgIpc) is 2.72. The quantitative estimate of drug-likeness (QED) is 0.494. The molecule has 0 bridgehead atoms. The second-order valence-electron chi connectivity index (χ2n) is 5.33. The van der Waals surface area contributed by atoms with Crippen molar-refractivity contribution in [2.45, 2.75) is 44.6 Å². The molecule has 4 nitrogen and oxygen atoms in total. The van der Waals surface area contributed by atoms with Crippen LogP contribution in [0.4, 0.5) is 5.69 Å². The lowest BCUT2D eigenvalue weighted by molar-refractivity contribution is 0.0442. The van der Waals surface area contributed by atoms with Crippen LogP contribution in [0.2, 0.25) is 0 Å². The van der Waals surface area contributed by atoms with Crippen molar-refractivity contribution in [1.29, 1.82) is 0 Å². The molecular formula is C16H24N2O2. The predicted molar refractivity (Wildman–Crippen MR) is 80.6 cm³/mol. The van der Waals surface area contributed by atoms with E-state index in [0.717, 1.165) is 12.8 Å². The first-order valence-corrected chi connectivity index (χ1v) is 7.51. The molecule has 2 rings (SSSR count). The number of rotatable bonds is 5. The summed E-state index contributed by atoms with van der Waals surface area (Å²) in [4.78, 5) is 11.9. The summed E-state index contributed by atoms with van der Waals surface area (Å²) in [5.41, 5.74) is 6.81. The molecule has 1 aliphatic carbocycles. The summed E-state index contributed by atoms with van der Waals surface area (Å²) < 4.78 is 5.83. The van der Waals surface area contributed by atoms with E-state index in [2.05, 4.69) is 5.32 Å². The number of carbonyl (C=O) groups is 1. The Balaban J connectivity index is 1.68. The summed E-state index contributed by atoms with van der Waals surface area (Å²) in [6.07, 6.45) is 7.85. The number of nitrogen functional groups attached to an aromatic ring is 1. The van der Waals surface area contributed by atoms with Crippen molar-refractivity contribution in [1.82, 2.24) is 5.32 Å². The fourth-order valence-corrected chi connectivity index (χ4v) is 2.60. The van der Waals surface area contributed by atoms with E-state index < -0.39 is 0 Å². The van der Waals surface area contributed by atoms with Gasteiger partial charge in [0, 0.05) is 12.2 Å². The third-order valence-corrected chi connectivity index (χ3v) is 3.75. The Morgan fingerprint density at radius 2 is 1.90 bits per heavy atom. The van der Waals surface area contributed by atoms with Crippen LogP contribution in [0.25, 0.3) is 0 Å². The lowest BCUT2D eigenvalue weighted by Crippen LogP contribution is -2.29. The fourth-order valence-electron chi connectivity index (χ4n) is 2.60. The largest absolute Gasteiger partial charge is 0.398 e. The van der Waals surface area contributed by atoms with Crippen molar-refractivity contribution in [3.63, 3.8) is 0 Å². The number of nitrogens with one attached hydrogen (secondary N) is 1. The van der Waals surface area contributed by atoms with Gasteiger partial charge in [0.15, 0.2) is 0 Å². The molecule has 0 heterocycles. The maximum absolute atomic E-state index is 11.9. The first-order chi connectivity index (χ1) is 9.77. The van der Waals surface area contributed by atoms with Gasteiger partial charge in [-0.2, -0.15) is 0 Å². The second kappa shape index (κ2) is 7.90. The van der Waals surface area contributed by atoms with E-state index in [1.54, 1.807) is 12.1 Å². The SMILES string of the molecule is Nc1ccccc1C(=O)NCCOC1CCCCCC1. The fraction of sp³-hybridized carbons (Fsp3) is 0.562. The molecule has 0 saturated heterocycles. The minimum absolute atomic E-state index is 0.132. The van der Waals surface area contributed by atoms with Crippen LogP contribution in [-0.4, -0.2) is 25.2 Å². The molecule has 0 aromatic heterocycles. The Morgan fingerprint density at radius 3 is 2.60 bits per heavy atom. The highest BCUT2D eigenvalue weighted by Crippen LogP contribution is 2.19. The van der Waals surface area contributed by atoms with Gasteiger partial charge in [-0.3, -0.25) is 4.79 Å². The first-order valence-electron chi connectivity index (χ1n) is 7.51. The number of hydrogen-bond acceptors (Lipinski definition) is 3. The zero-order valence-electron chi connectivity index (χ0n) is 11.9. The van der Waals surface area contributed by atoms with E-state index >= 15 is 0 Å². The number of benzene rings is 1. The maximum atomic E-state index is 11.9. The Bertz CT molecular complexity index is 426. The molecule has 1 aliphatic rings. The lowest BCUT2D eigenvalue weighted by atomic mass is 10.1. The highest BCUT2D eigenvalue weighted by Gasteiger charge is 2.13. The van der Waals surface area contributed by atoms with Gasteiger partial charge < -0.3 is 15.8 Å². The smallest absolute Gasteiger partial charge is 0.253 e. The molecule has 0 unspecified atom stereocenters. The van der Waals surface area contributed by atoms with Gasteiger partial charge in [-0.25, -0.2) is 0 Å². The van der Waals surface area contributed by atoms with Gasteiger partial charge in [-0.1, -0.05) is 37.8 Å². The number of carbonyl (C=O) groups excluding carboxylic acids is 1. The molecular weight excluding hydrogens is 252 g/mol. The summed E-state index contributed by atoms with van der Waals surface area (Å²) in [5, 5.41) is 2.85. The van der Waals surface area contributed by atoms with Gasteiger partial charge in [0.25, 0.3) is 5.91 Å². The Labute approximate surface area is 120 Å². The molecule has 1 aromatic rings. The van der Waals surface area contributed by atoms with E-state index in [0.29, 0.717) is 30.5 Å². The number of para-hydroxylation sites is 1. The molecule has 1 fully saturated rings. The Morgan fingerprint density at radius 1 is 1.20 bits per heavy atom. The number of ether oxygens (including phenoxy) is 1. The molecule has 1 aromatic carbocycles. The molecule has 1 saturated carbocycles. The van der Waals surface area contributed by atoms with Crippen LogP contribution in [0.15, 0.2) is 24.3 Å². The number of anilines is 1. The summed E-state index contributed by atoms with van der Waals surface area (Å²) in [6, 6.07) is 7.10. The summed E-state index contributed by atoms with van der Waals surface area (Å²) >= 11 is 0.